The van der Waals surface area contributed by atoms with Gasteiger partial charge < -0.3 is 19.4 Å². The third kappa shape index (κ3) is 4.98. The Labute approximate surface area is 211 Å². The van der Waals surface area contributed by atoms with E-state index < -0.39 is 11.7 Å². The number of amides is 2. The Balaban J connectivity index is 1.24. The second-order valence-corrected chi connectivity index (χ2v) is 9.00. The predicted octanol–water partition coefficient (Wildman–Crippen LogP) is 3.53. The summed E-state index contributed by atoms with van der Waals surface area (Å²) in [5, 5.41) is 4.38. The molecule has 194 valence electrons. The van der Waals surface area contributed by atoms with E-state index in [0.29, 0.717) is 62.9 Å². The van der Waals surface area contributed by atoms with Gasteiger partial charge in [0.1, 0.15) is 11.4 Å². The second kappa shape index (κ2) is 9.79. The van der Waals surface area contributed by atoms with E-state index >= 15 is 0 Å². The van der Waals surface area contributed by atoms with Crippen molar-refractivity contribution in [3.63, 3.8) is 0 Å². The zero-order valence-electron chi connectivity index (χ0n) is 20.2. The molecule has 0 saturated carbocycles. The van der Waals surface area contributed by atoms with Crippen molar-refractivity contribution in [1.82, 2.24) is 19.6 Å². The molecule has 37 heavy (non-hydrogen) atoms. The average Bonchev–Trinajstić information content (AvgIpc) is 3.35. The summed E-state index contributed by atoms with van der Waals surface area (Å²) in [6.07, 6.45) is -4.41. The maximum absolute atomic E-state index is 13.2. The summed E-state index contributed by atoms with van der Waals surface area (Å²) in [4.78, 5) is 31.4. The zero-order valence-corrected chi connectivity index (χ0v) is 20.2. The van der Waals surface area contributed by atoms with Gasteiger partial charge in [0.05, 0.1) is 19.2 Å². The summed E-state index contributed by atoms with van der Waals surface area (Å²) >= 11 is 0. The Morgan fingerprint density at radius 1 is 0.973 bits per heavy atom. The fraction of sp³-hybridized carbons (Fsp3) is 0.346. The lowest BCUT2D eigenvalue weighted by Gasteiger charge is -2.36. The number of hydrogen-bond acceptors (Lipinski definition) is 5. The lowest BCUT2D eigenvalue weighted by Crippen LogP contribution is -2.49. The van der Waals surface area contributed by atoms with Crippen LogP contribution in [0.3, 0.4) is 0 Å². The number of rotatable bonds is 5. The number of methoxy groups -OCH3 is 1. The summed E-state index contributed by atoms with van der Waals surface area (Å²) in [5.74, 6) is 0.197. The standard InChI is InChI=1S/C26H26F3N5O3/c1-37-23-8-3-2-5-18(23)17-33-13-14-34-22(25(33)36)16-21(30-34)24(35)32-11-9-31(10-12-32)20-7-4-6-19(15-20)26(27,28)29/h2-8,15-16H,9-14,17H2,1H3. The number of ether oxygens (including phenoxy) is 1. The Kier molecular flexibility index (Phi) is 6.53. The molecule has 0 bridgehead atoms. The van der Waals surface area contributed by atoms with Gasteiger partial charge in [-0.2, -0.15) is 18.3 Å². The molecule has 2 aliphatic rings. The number of carbonyl (C=O) groups excluding carboxylic acids is 2. The SMILES string of the molecule is COc1ccccc1CN1CCn2nc(C(=O)N3CCN(c4cccc(C(F)(F)F)c4)CC3)cc2C1=O. The van der Waals surface area contributed by atoms with E-state index in [0.717, 1.165) is 17.7 Å². The van der Waals surface area contributed by atoms with Gasteiger partial charge in [-0.1, -0.05) is 24.3 Å². The van der Waals surface area contributed by atoms with Crippen LogP contribution in [0, 0.1) is 0 Å². The third-order valence-electron chi connectivity index (χ3n) is 6.75. The van der Waals surface area contributed by atoms with Gasteiger partial charge in [-0.3, -0.25) is 14.3 Å². The molecule has 1 aromatic heterocycles. The van der Waals surface area contributed by atoms with E-state index in [1.165, 1.54) is 12.1 Å². The van der Waals surface area contributed by atoms with Crippen LogP contribution in [0.1, 0.15) is 32.1 Å². The first-order chi connectivity index (χ1) is 17.7. The molecule has 3 heterocycles. The number of alkyl halides is 3. The van der Waals surface area contributed by atoms with Crippen LogP contribution < -0.4 is 9.64 Å². The van der Waals surface area contributed by atoms with E-state index in [1.807, 2.05) is 29.2 Å². The second-order valence-electron chi connectivity index (χ2n) is 9.00. The molecule has 11 heteroatoms. The van der Waals surface area contributed by atoms with Crippen molar-refractivity contribution < 1.29 is 27.5 Å². The van der Waals surface area contributed by atoms with Crippen LogP contribution in [-0.2, 0) is 19.3 Å². The van der Waals surface area contributed by atoms with Crippen molar-refractivity contribution >= 4 is 17.5 Å². The lowest BCUT2D eigenvalue weighted by molar-refractivity contribution is -0.137. The number of benzene rings is 2. The molecule has 3 aromatic rings. The van der Waals surface area contributed by atoms with Crippen molar-refractivity contribution in [3.05, 3.63) is 77.1 Å². The Morgan fingerprint density at radius 3 is 2.46 bits per heavy atom. The van der Waals surface area contributed by atoms with Gasteiger partial charge in [0.25, 0.3) is 11.8 Å². The van der Waals surface area contributed by atoms with E-state index in [-0.39, 0.29) is 17.5 Å². The summed E-state index contributed by atoms with van der Waals surface area (Å²) in [6, 6.07) is 14.2. The van der Waals surface area contributed by atoms with Gasteiger partial charge in [0.15, 0.2) is 5.69 Å². The van der Waals surface area contributed by atoms with Crippen molar-refractivity contribution in [2.75, 3.05) is 44.7 Å². The van der Waals surface area contributed by atoms with Crippen molar-refractivity contribution in [2.45, 2.75) is 19.3 Å². The van der Waals surface area contributed by atoms with Crippen molar-refractivity contribution in [3.8, 4) is 5.75 Å². The van der Waals surface area contributed by atoms with Crippen LogP contribution in [0.5, 0.6) is 5.75 Å². The van der Waals surface area contributed by atoms with Crippen LogP contribution in [0.4, 0.5) is 18.9 Å². The number of nitrogens with zero attached hydrogens (tertiary/aromatic N) is 5. The molecule has 1 fully saturated rings. The van der Waals surface area contributed by atoms with Crippen molar-refractivity contribution in [1.29, 1.82) is 0 Å². The molecule has 1 saturated heterocycles. The van der Waals surface area contributed by atoms with Gasteiger partial charge >= 0.3 is 6.18 Å². The number of para-hydroxylation sites is 1. The zero-order chi connectivity index (χ0) is 26.2. The molecular weight excluding hydrogens is 487 g/mol. The first-order valence-corrected chi connectivity index (χ1v) is 11.9. The number of anilines is 1. The van der Waals surface area contributed by atoms with Gasteiger partial charge in [0.2, 0.25) is 0 Å². The number of carbonyl (C=O) groups is 2. The first-order valence-electron chi connectivity index (χ1n) is 11.9. The normalized spacial score (nSPS) is 16.1. The quantitative estimate of drug-likeness (QED) is 0.522. The summed E-state index contributed by atoms with van der Waals surface area (Å²) in [5.41, 5.74) is 1.21. The summed E-state index contributed by atoms with van der Waals surface area (Å²) in [7, 11) is 1.59. The molecule has 0 atom stereocenters. The molecule has 0 radical (unpaired) electrons. The molecule has 0 spiro atoms. The van der Waals surface area contributed by atoms with E-state index in [1.54, 1.807) is 27.7 Å². The average molecular weight is 514 g/mol. The minimum Gasteiger partial charge on any atom is -0.496 e. The van der Waals surface area contributed by atoms with Crippen LogP contribution in [0.2, 0.25) is 0 Å². The van der Waals surface area contributed by atoms with Crippen LogP contribution >= 0.6 is 0 Å². The molecular formula is C26H26F3N5O3. The number of hydrogen-bond donors (Lipinski definition) is 0. The topological polar surface area (TPSA) is 70.9 Å². The molecule has 2 aliphatic heterocycles. The Morgan fingerprint density at radius 2 is 1.73 bits per heavy atom. The maximum atomic E-state index is 13.2. The third-order valence-corrected chi connectivity index (χ3v) is 6.75. The lowest BCUT2D eigenvalue weighted by atomic mass is 10.1. The summed E-state index contributed by atoms with van der Waals surface area (Å²) < 4.78 is 46.2. The monoisotopic (exact) mass is 513 g/mol. The minimum atomic E-state index is -4.41. The number of piperazine rings is 1. The summed E-state index contributed by atoms with van der Waals surface area (Å²) in [6.45, 7) is 2.77. The van der Waals surface area contributed by atoms with Gasteiger partial charge in [-0.05, 0) is 24.3 Å². The molecule has 2 aromatic carbocycles. The molecule has 2 amide bonds. The molecule has 5 rings (SSSR count). The highest BCUT2D eigenvalue weighted by atomic mass is 19.4. The number of aromatic nitrogens is 2. The fourth-order valence-electron chi connectivity index (χ4n) is 4.74. The molecule has 0 N–H and O–H groups in total. The molecule has 8 nitrogen and oxygen atoms in total. The predicted molar refractivity (Wildman–Crippen MR) is 130 cm³/mol. The molecule has 0 aliphatic carbocycles. The van der Waals surface area contributed by atoms with E-state index in [4.69, 9.17) is 4.74 Å². The first kappa shape index (κ1) is 24.7. The smallest absolute Gasteiger partial charge is 0.416 e. The highest BCUT2D eigenvalue weighted by molar-refractivity contribution is 5.98. The Hall–Kier alpha value is -4.02. The van der Waals surface area contributed by atoms with Crippen LogP contribution in [0.25, 0.3) is 0 Å². The van der Waals surface area contributed by atoms with Crippen LogP contribution in [-0.4, -0.2) is 71.2 Å². The van der Waals surface area contributed by atoms with E-state index in [2.05, 4.69) is 5.10 Å². The van der Waals surface area contributed by atoms with Gasteiger partial charge in [-0.25, -0.2) is 0 Å². The highest BCUT2D eigenvalue weighted by Gasteiger charge is 2.33. The van der Waals surface area contributed by atoms with Crippen molar-refractivity contribution in [2.24, 2.45) is 0 Å². The van der Waals surface area contributed by atoms with Crippen LogP contribution in [0.15, 0.2) is 54.6 Å². The number of fused-ring (bicyclic) bond motifs is 1. The highest BCUT2D eigenvalue weighted by Crippen LogP contribution is 2.32. The Bertz CT molecular complexity index is 1310. The largest absolute Gasteiger partial charge is 0.496 e. The fourth-order valence-corrected chi connectivity index (χ4v) is 4.74. The minimum absolute atomic E-state index is 0.190. The van der Waals surface area contributed by atoms with Gasteiger partial charge in [-0.15, -0.1) is 0 Å². The molecule has 0 unspecified atom stereocenters. The maximum Gasteiger partial charge on any atom is 0.416 e. The van der Waals surface area contributed by atoms with Gasteiger partial charge in [0, 0.05) is 56.6 Å². The van der Waals surface area contributed by atoms with E-state index in [9.17, 15) is 22.8 Å². The number of halogens is 3.